The second kappa shape index (κ2) is 7.98. The lowest BCUT2D eigenvalue weighted by Gasteiger charge is -2.43. The molecule has 5 heterocycles. The molecule has 0 radical (unpaired) electrons. The van der Waals surface area contributed by atoms with Gasteiger partial charge in [-0.2, -0.15) is 5.10 Å². The van der Waals surface area contributed by atoms with Gasteiger partial charge in [0.05, 0.1) is 0 Å². The highest BCUT2D eigenvalue weighted by atomic mass is 19.1. The molecule has 2 aromatic rings. The molecule has 0 saturated carbocycles. The van der Waals surface area contributed by atoms with E-state index in [0.717, 1.165) is 17.7 Å². The van der Waals surface area contributed by atoms with Gasteiger partial charge in [-0.05, 0) is 30.9 Å². The molecule has 160 valence electrons. The first-order valence-electron chi connectivity index (χ1n) is 10.9. The van der Waals surface area contributed by atoms with E-state index in [0.29, 0.717) is 64.6 Å². The van der Waals surface area contributed by atoms with Crippen LogP contribution in [0.15, 0.2) is 35.4 Å². The number of aromatic nitrogens is 3. The molecule has 3 aliphatic rings. The minimum Gasteiger partial charge on any atom is -0.342 e. The van der Waals surface area contributed by atoms with Gasteiger partial charge in [0.2, 0.25) is 5.91 Å². The Balaban J connectivity index is 1.28. The monoisotopic (exact) mass is 413 g/mol. The number of nitrogens with zero attached hydrogens (tertiary/aromatic N) is 5. The Bertz CT molecular complexity index is 972. The number of fused-ring (bicyclic) bond motifs is 4. The van der Waals surface area contributed by atoms with Crippen molar-refractivity contribution in [1.29, 1.82) is 0 Å². The molecule has 0 unspecified atom stereocenters. The highest BCUT2D eigenvalue weighted by molar-refractivity contribution is 5.76. The summed E-state index contributed by atoms with van der Waals surface area (Å²) in [6, 6.07) is 5.83. The Morgan fingerprint density at radius 3 is 2.87 bits per heavy atom. The third-order valence-electron chi connectivity index (χ3n) is 6.76. The van der Waals surface area contributed by atoms with Crippen LogP contribution in [0.3, 0.4) is 0 Å². The first kappa shape index (κ1) is 19.5. The number of rotatable bonds is 5. The zero-order valence-electron chi connectivity index (χ0n) is 17.1. The highest BCUT2D eigenvalue weighted by Gasteiger charge is 2.36. The Hall–Kier alpha value is -2.48. The van der Waals surface area contributed by atoms with Crippen molar-refractivity contribution in [3.63, 3.8) is 0 Å². The first-order chi connectivity index (χ1) is 14.6. The highest BCUT2D eigenvalue weighted by Crippen LogP contribution is 2.35. The van der Waals surface area contributed by atoms with Crippen molar-refractivity contribution in [2.45, 2.75) is 51.0 Å². The maximum atomic E-state index is 13.5. The second-order valence-corrected chi connectivity index (χ2v) is 8.94. The fourth-order valence-electron chi connectivity index (χ4n) is 5.29. The average molecular weight is 413 g/mol. The molecule has 0 spiro atoms. The van der Waals surface area contributed by atoms with Crippen LogP contribution in [0.1, 0.15) is 36.4 Å². The van der Waals surface area contributed by atoms with Crippen LogP contribution in [0, 0.1) is 5.92 Å². The lowest BCUT2D eigenvalue weighted by atomic mass is 9.83. The third kappa shape index (κ3) is 3.80. The number of alkyl halides is 1. The molecule has 30 heavy (non-hydrogen) atoms. The van der Waals surface area contributed by atoms with Crippen molar-refractivity contribution in [2.24, 2.45) is 5.92 Å². The SMILES string of the molecule is O=C(CCn1cccn1)N1C[C@@H]2C[C@H](C1)c1ccc(CN3CC[C@@H](F)C3)c(=O)n1C2. The van der Waals surface area contributed by atoms with E-state index in [9.17, 15) is 14.0 Å². The summed E-state index contributed by atoms with van der Waals surface area (Å²) in [6.07, 6.45) is 4.84. The number of aryl methyl sites for hydroxylation is 1. The topological polar surface area (TPSA) is 63.4 Å². The standard InChI is InChI=1S/C22H28FN5O2/c23-19-4-8-25(15-19)13-17-2-3-20-18-10-16(12-28(20)22(17)30)11-26(14-18)21(29)5-9-27-7-1-6-24-27/h1-3,6-7,16,18-19H,4-5,8-15H2/t16-,18+,19+/m0/s1. The minimum atomic E-state index is -0.776. The summed E-state index contributed by atoms with van der Waals surface area (Å²) in [7, 11) is 0. The molecule has 2 saturated heterocycles. The van der Waals surface area contributed by atoms with Crippen molar-refractivity contribution in [2.75, 3.05) is 26.2 Å². The maximum Gasteiger partial charge on any atom is 0.255 e. The Morgan fingerprint density at radius 2 is 2.10 bits per heavy atom. The molecule has 3 atom stereocenters. The van der Waals surface area contributed by atoms with Crippen LogP contribution in [0.25, 0.3) is 0 Å². The van der Waals surface area contributed by atoms with Crippen molar-refractivity contribution >= 4 is 5.91 Å². The number of hydrogen-bond acceptors (Lipinski definition) is 4. The largest absolute Gasteiger partial charge is 0.342 e. The van der Waals surface area contributed by atoms with Crippen molar-refractivity contribution in [3.8, 4) is 0 Å². The molecule has 1 amide bonds. The van der Waals surface area contributed by atoms with Crippen LogP contribution < -0.4 is 5.56 Å². The van der Waals surface area contributed by atoms with Crippen molar-refractivity contribution in [1.82, 2.24) is 24.1 Å². The molecule has 3 aliphatic heterocycles. The van der Waals surface area contributed by atoms with Crippen LogP contribution in [-0.2, 0) is 24.4 Å². The number of carbonyl (C=O) groups excluding carboxylic acids is 1. The lowest BCUT2D eigenvalue weighted by Crippen LogP contribution is -2.49. The second-order valence-electron chi connectivity index (χ2n) is 8.94. The molecule has 2 aromatic heterocycles. The molecular formula is C22H28FN5O2. The van der Waals surface area contributed by atoms with Gasteiger partial charge in [-0.15, -0.1) is 0 Å². The first-order valence-corrected chi connectivity index (χ1v) is 10.9. The number of piperidine rings is 1. The third-order valence-corrected chi connectivity index (χ3v) is 6.76. The molecular weight excluding hydrogens is 385 g/mol. The van der Waals surface area contributed by atoms with Crippen LogP contribution in [0.2, 0.25) is 0 Å². The number of carbonyl (C=O) groups is 1. The van der Waals surface area contributed by atoms with Gasteiger partial charge in [-0.3, -0.25) is 19.2 Å². The normalized spacial score (nSPS) is 26.0. The van der Waals surface area contributed by atoms with Crippen LogP contribution in [0.4, 0.5) is 4.39 Å². The fraction of sp³-hybridized carbons (Fsp3) is 0.591. The Kier molecular flexibility index (Phi) is 5.18. The Labute approximate surface area is 175 Å². The van der Waals surface area contributed by atoms with E-state index in [2.05, 4.69) is 11.2 Å². The van der Waals surface area contributed by atoms with E-state index >= 15 is 0 Å². The van der Waals surface area contributed by atoms with Gasteiger partial charge >= 0.3 is 0 Å². The molecule has 5 rings (SSSR count). The Morgan fingerprint density at radius 1 is 1.20 bits per heavy atom. The summed E-state index contributed by atoms with van der Waals surface area (Å²) < 4.78 is 17.2. The van der Waals surface area contributed by atoms with Gasteiger partial charge in [0.1, 0.15) is 6.17 Å². The van der Waals surface area contributed by atoms with E-state index < -0.39 is 6.17 Å². The number of hydrogen-bond donors (Lipinski definition) is 0. The molecule has 0 aromatic carbocycles. The predicted octanol–water partition coefficient (Wildman–Crippen LogP) is 1.62. The van der Waals surface area contributed by atoms with E-state index in [1.165, 1.54) is 0 Å². The van der Waals surface area contributed by atoms with Gasteiger partial charge < -0.3 is 9.47 Å². The van der Waals surface area contributed by atoms with Crippen LogP contribution in [0.5, 0.6) is 0 Å². The molecule has 2 bridgehead atoms. The lowest BCUT2D eigenvalue weighted by molar-refractivity contribution is -0.134. The van der Waals surface area contributed by atoms with Crippen molar-refractivity contribution < 1.29 is 9.18 Å². The van der Waals surface area contributed by atoms with E-state index in [4.69, 9.17) is 0 Å². The van der Waals surface area contributed by atoms with E-state index in [1.54, 1.807) is 10.9 Å². The van der Waals surface area contributed by atoms with E-state index in [-0.39, 0.29) is 17.4 Å². The summed E-state index contributed by atoms with van der Waals surface area (Å²) in [5.74, 6) is 0.664. The van der Waals surface area contributed by atoms with Gasteiger partial charge in [0.15, 0.2) is 0 Å². The molecule has 8 heteroatoms. The average Bonchev–Trinajstić information content (AvgIpc) is 3.40. The maximum absolute atomic E-state index is 13.5. The smallest absolute Gasteiger partial charge is 0.255 e. The van der Waals surface area contributed by atoms with Gasteiger partial charge in [0.25, 0.3) is 5.56 Å². The molecule has 2 fully saturated rings. The zero-order valence-corrected chi connectivity index (χ0v) is 17.1. The summed E-state index contributed by atoms with van der Waals surface area (Å²) >= 11 is 0. The van der Waals surface area contributed by atoms with Gasteiger partial charge in [0, 0.05) is 81.8 Å². The molecule has 0 N–H and O–H groups in total. The minimum absolute atomic E-state index is 0.0583. The number of likely N-dealkylation sites (tertiary alicyclic amines) is 2. The van der Waals surface area contributed by atoms with Crippen molar-refractivity contribution in [3.05, 3.63) is 52.2 Å². The summed E-state index contributed by atoms with van der Waals surface area (Å²) in [4.78, 5) is 29.9. The van der Waals surface area contributed by atoms with Gasteiger partial charge in [-0.25, -0.2) is 4.39 Å². The number of pyridine rings is 1. The van der Waals surface area contributed by atoms with E-state index in [1.807, 2.05) is 32.7 Å². The molecule has 7 nitrogen and oxygen atoms in total. The number of halogens is 1. The summed E-state index contributed by atoms with van der Waals surface area (Å²) in [5, 5.41) is 4.16. The van der Waals surface area contributed by atoms with Crippen LogP contribution in [-0.4, -0.2) is 62.4 Å². The van der Waals surface area contributed by atoms with Crippen LogP contribution >= 0.6 is 0 Å². The summed E-state index contributed by atoms with van der Waals surface area (Å²) in [6.45, 7) is 4.28. The number of amides is 1. The molecule has 0 aliphatic carbocycles. The summed E-state index contributed by atoms with van der Waals surface area (Å²) in [5.41, 5.74) is 1.84. The predicted molar refractivity (Wildman–Crippen MR) is 110 cm³/mol. The zero-order chi connectivity index (χ0) is 20.7. The quantitative estimate of drug-likeness (QED) is 0.748. The fourth-order valence-corrected chi connectivity index (χ4v) is 5.29. The van der Waals surface area contributed by atoms with Gasteiger partial charge in [-0.1, -0.05) is 6.07 Å².